The zero-order chi connectivity index (χ0) is 28.5. The van der Waals surface area contributed by atoms with Gasteiger partial charge in [0.25, 0.3) is 0 Å². The quantitative estimate of drug-likeness (QED) is 0.161. The van der Waals surface area contributed by atoms with Gasteiger partial charge < -0.3 is 18.3 Å². The highest BCUT2D eigenvalue weighted by Gasteiger charge is 2.16. The van der Waals surface area contributed by atoms with E-state index in [0.717, 1.165) is 77.8 Å². The van der Waals surface area contributed by atoms with Gasteiger partial charge in [0.2, 0.25) is 6.33 Å². The molecule has 4 heterocycles. The van der Waals surface area contributed by atoms with Gasteiger partial charge in [0.15, 0.2) is 0 Å². The standard InChI is InChI=1S/C37H24N4O2/c1-39-23-40(33-15-6-5-14-32(33)39)24-9-8-10-25(19-24)42-26-17-18-28-27-11-2-4-13-31(27)41(34(28)20-26)37-21-36-30(22-38-37)29-12-3-7-16-35(29)43-36/h2-22H,1H3. The zero-order valence-corrected chi connectivity index (χ0v) is 23.2. The van der Waals surface area contributed by atoms with E-state index in [2.05, 4.69) is 76.1 Å². The Balaban J connectivity index is 1.16. The number of ether oxygens (including phenoxy) is 1. The number of hydrogen-bond acceptors (Lipinski definition) is 3. The molecule has 4 aromatic heterocycles. The van der Waals surface area contributed by atoms with Crippen LogP contribution >= 0.6 is 0 Å². The molecule has 0 radical (unpaired) electrons. The van der Waals surface area contributed by atoms with E-state index in [4.69, 9.17) is 14.1 Å². The van der Waals surface area contributed by atoms with Crippen LogP contribution in [-0.4, -0.2) is 14.1 Å². The molecule has 0 bridgehead atoms. The number of benzene rings is 5. The second-order valence-electron chi connectivity index (χ2n) is 10.8. The summed E-state index contributed by atoms with van der Waals surface area (Å²) in [6.07, 6.45) is 5.31. The topological polar surface area (TPSA) is 49.0 Å². The second kappa shape index (κ2) is 9.06. The maximum absolute atomic E-state index is 6.48. The molecule has 0 amide bonds. The minimum absolute atomic E-state index is 0.741. The predicted molar refractivity (Wildman–Crippen MR) is 169 cm³/mol. The molecule has 43 heavy (non-hydrogen) atoms. The molecule has 0 unspecified atom stereocenters. The number of aromatic nitrogens is 4. The summed E-state index contributed by atoms with van der Waals surface area (Å²) in [7, 11) is 2.01. The number of pyridine rings is 1. The highest BCUT2D eigenvalue weighted by atomic mass is 16.5. The van der Waals surface area contributed by atoms with Crippen molar-refractivity contribution in [3.05, 3.63) is 134 Å². The van der Waals surface area contributed by atoms with Gasteiger partial charge in [-0.05, 0) is 36.4 Å². The molecule has 0 fully saturated rings. The van der Waals surface area contributed by atoms with Crippen LogP contribution in [0.4, 0.5) is 0 Å². The monoisotopic (exact) mass is 556 g/mol. The van der Waals surface area contributed by atoms with Crippen LogP contribution in [0.3, 0.4) is 0 Å². The average molecular weight is 557 g/mol. The molecule has 0 N–H and O–H groups in total. The Morgan fingerprint density at radius 1 is 0.651 bits per heavy atom. The van der Waals surface area contributed by atoms with E-state index in [-0.39, 0.29) is 0 Å². The van der Waals surface area contributed by atoms with Crippen LogP contribution in [0.2, 0.25) is 0 Å². The van der Waals surface area contributed by atoms with Crippen LogP contribution in [-0.2, 0) is 7.05 Å². The fourth-order valence-corrected chi connectivity index (χ4v) is 6.21. The molecule has 6 heteroatoms. The summed E-state index contributed by atoms with van der Waals surface area (Å²) in [5.74, 6) is 2.28. The van der Waals surface area contributed by atoms with E-state index in [1.165, 1.54) is 0 Å². The molecule has 9 rings (SSSR count). The highest BCUT2D eigenvalue weighted by Crippen LogP contribution is 2.36. The Kier molecular flexibility index (Phi) is 5.01. The van der Waals surface area contributed by atoms with Crippen molar-refractivity contribution in [2.24, 2.45) is 7.05 Å². The van der Waals surface area contributed by atoms with Crippen molar-refractivity contribution < 1.29 is 13.7 Å². The molecule has 0 saturated carbocycles. The summed E-state index contributed by atoms with van der Waals surface area (Å²) in [4.78, 5) is 4.91. The molecule has 0 atom stereocenters. The molecule has 0 saturated heterocycles. The SMILES string of the molecule is C[n+]1[c-]n(-c2cccc(Oc3ccc4c5ccccc5n(-c5cc6oc7ccccc7c6cn5)c4c3)c2)c2ccccc21. The van der Waals surface area contributed by atoms with Crippen molar-refractivity contribution in [3.63, 3.8) is 0 Å². The summed E-state index contributed by atoms with van der Waals surface area (Å²) in [6.45, 7) is 0. The summed E-state index contributed by atoms with van der Waals surface area (Å²) in [5.41, 5.74) is 6.92. The number of imidazole rings is 1. The maximum atomic E-state index is 6.48. The van der Waals surface area contributed by atoms with Gasteiger partial charge in [0.05, 0.1) is 34.8 Å². The van der Waals surface area contributed by atoms with Gasteiger partial charge in [0.1, 0.15) is 28.5 Å². The molecular weight excluding hydrogens is 532 g/mol. The smallest absolute Gasteiger partial charge is 0.244 e. The van der Waals surface area contributed by atoms with Crippen LogP contribution in [0.5, 0.6) is 11.5 Å². The zero-order valence-electron chi connectivity index (χ0n) is 23.2. The number of furan rings is 1. The van der Waals surface area contributed by atoms with Gasteiger partial charge in [0, 0.05) is 39.9 Å². The van der Waals surface area contributed by atoms with E-state index in [0.29, 0.717) is 0 Å². The lowest BCUT2D eigenvalue weighted by molar-refractivity contribution is -0.649. The fraction of sp³-hybridized carbons (Fsp3) is 0.0270. The van der Waals surface area contributed by atoms with Crippen molar-refractivity contribution in [2.45, 2.75) is 0 Å². The van der Waals surface area contributed by atoms with E-state index >= 15 is 0 Å². The van der Waals surface area contributed by atoms with Gasteiger partial charge in [-0.25, -0.2) is 4.98 Å². The number of hydrogen-bond donors (Lipinski definition) is 0. The first kappa shape index (κ1) is 23.8. The Morgan fingerprint density at radius 2 is 1.42 bits per heavy atom. The number of nitrogens with zero attached hydrogens (tertiary/aromatic N) is 4. The third kappa shape index (κ3) is 3.66. The van der Waals surface area contributed by atoms with Gasteiger partial charge in [-0.15, -0.1) is 0 Å². The third-order valence-electron chi connectivity index (χ3n) is 8.17. The average Bonchev–Trinajstić information content (AvgIpc) is 3.70. The van der Waals surface area contributed by atoms with Gasteiger partial charge in [-0.2, -0.15) is 0 Å². The molecule has 5 aromatic carbocycles. The van der Waals surface area contributed by atoms with Crippen LogP contribution in [0.1, 0.15) is 0 Å². The Hall–Kier alpha value is -5.88. The fourth-order valence-electron chi connectivity index (χ4n) is 6.21. The number of fused-ring (bicyclic) bond motifs is 7. The Morgan fingerprint density at radius 3 is 2.35 bits per heavy atom. The van der Waals surface area contributed by atoms with Crippen molar-refractivity contribution in [1.29, 1.82) is 0 Å². The normalized spacial score (nSPS) is 11.8. The number of rotatable bonds is 4. The van der Waals surface area contributed by atoms with Crippen molar-refractivity contribution in [3.8, 4) is 23.0 Å². The molecule has 9 aromatic rings. The number of aryl methyl sites for hydroxylation is 1. The lowest BCUT2D eigenvalue weighted by Crippen LogP contribution is -2.26. The summed E-state index contributed by atoms with van der Waals surface area (Å²) in [6, 6.07) is 41.1. The Bertz CT molecular complexity index is 2520. The van der Waals surface area contributed by atoms with Crippen molar-refractivity contribution in [1.82, 2.24) is 14.1 Å². The molecule has 0 aliphatic carbocycles. The van der Waals surface area contributed by atoms with Crippen molar-refractivity contribution in [2.75, 3.05) is 0 Å². The maximum Gasteiger partial charge on any atom is 0.244 e. The minimum Gasteiger partial charge on any atom is -0.458 e. The van der Waals surface area contributed by atoms with Crippen LogP contribution in [0, 0.1) is 6.33 Å². The summed E-state index contributed by atoms with van der Waals surface area (Å²) < 4.78 is 18.9. The molecule has 204 valence electrons. The van der Waals surface area contributed by atoms with Crippen molar-refractivity contribution >= 4 is 54.8 Å². The first-order valence-corrected chi connectivity index (χ1v) is 14.2. The van der Waals surface area contributed by atoms with Crippen LogP contribution in [0.15, 0.2) is 132 Å². The predicted octanol–water partition coefficient (Wildman–Crippen LogP) is 8.44. The molecule has 6 nitrogen and oxygen atoms in total. The van der Waals surface area contributed by atoms with Gasteiger partial charge >= 0.3 is 0 Å². The van der Waals surface area contributed by atoms with E-state index < -0.39 is 0 Å². The first-order chi connectivity index (χ1) is 21.2. The minimum atomic E-state index is 0.741. The number of para-hydroxylation sites is 4. The second-order valence-corrected chi connectivity index (χ2v) is 10.8. The van der Waals surface area contributed by atoms with E-state index in [1.54, 1.807) is 0 Å². The van der Waals surface area contributed by atoms with Crippen LogP contribution in [0.25, 0.3) is 66.3 Å². The largest absolute Gasteiger partial charge is 0.458 e. The summed E-state index contributed by atoms with van der Waals surface area (Å²) in [5, 5.41) is 4.35. The van der Waals surface area contributed by atoms with Crippen LogP contribution < -0.4 is 9.30 Å². The van der Waals surface area contributed by atoms with E-state index in [1.807, 2.05) is 78.5 Å². The molecule has 0 aliphatic rings. The molecule has 0 aliphatic heterocycles. The first-order valence-electron chi connectivity index (χ1n) is 14.2. The van der Waals surface area contributed by atoms with E-state index in [9.17, 15) is 0 Å². The summed E-state index contributed by atoms with van der Waals surface area (Å²) >= 11 is 0. The lowest BCUT2D eigenvalue weighted by atomic mass is 10.1. The highest BCUT2D eigenvalue weighted by molar-refractivity contribution is 6.10. The lowest BCUT2D eigenvalue weighted by Gasteiger charge is -2.11. The molecule has 0 spiro atoms. The third-order valence-corrected chi connectivity index (χ3v) is 8.17. The van der Waals surface area contributed by atoms with Gasteiger partial charge in [-0.3, -0.25) is 4.57 Å². The Labute approximate surface area is 246 Å². The van der Waals surface area contributed by atoms with Gasteiger partial charge in [-0.1, -0.05) is 72.8 Å². The molecular formula is C37H24N4O2.